The van der Waals surface area contributed by atoms with Crippen LogP contribution in [-0.4, -0.2) is 6.04 Å². The molecule has 1 aromatic heterocycles. The molecular weight excluding hydrogens is 174 g/mol. The molecule has 2 nitrogen and oxygen atoms in total. The lowest BCUT2D eigenvalue weighted by Crippen LogP contribution is -2.35. The van der Waals surface area contributed by atoms with Gasteiger partial charge in [0.1, 0.15) is 5.76 Å². The van der Waals surface area contributed by atoms with Gasteiger partial charge in [0, 0.05) is 6.04 Å². The molecule has 78 valence electrons. The molecule has 1 saturated carbocycles. The summed E-state index contributed by atoms with van der Waals surface area (Å²) < 4.78 is 5.30. The highest BCUT2D eigenvalue weighted by Gasteiger charge is 2.32. The summed E-state index contributed by atoms with van der Waals surface area (Å²) in [5.74, 6) is 2.67. The van der Waals surface area contributed by atoms with Gasteiger partial charge in [-0.1, -0.05) is 13.8 Å². The molecule has 0 amide bonds. The highest BCUT2D eigenvalue weighted by Crippen LogP contribution is 2.35. The first-order valence-corrected chi connectivity index (χ1v) is 5.53. The van der Waals surface area contributed by atoms with Crippen LogP contribution in [0.3, 0.4) is 0 Å². The fourth-order valence-electron chi connectivity index (χ4n) is 2.03. The van der Waals surface area contributed by atoms with Gasteiger partial charge in [-0.25, -0.2) is 0 Å². The molecule has 1 unspecified atom stereocenters. The van der Waals surface area contributed by atoms with Crippen molar-refractivity contribution >= 4 is 0 Å². The average Bonchev–Trinajstić information content (AvgIpc) is 2.82. The molecule has 0 aliphatic heterocycles. The Labute approximate surface area is 85.7 Å². The van der Waals surface area contributed by atoms with Gasteiger partial charge in [0.15, 0.2) is 0 Å². The Kier molecular flexibility index (Phi) is 2.92. The second kappa shape index (κ2) is 4.18. The second-order valence-electron chi connectivity index (χ2n) is 4.57. The van der Waals surface area contributed by atoms with Crippen LogP contribution in [0.5, 0.6) is 0 Å². The van der Waals surface area contributed by atoms with Crippen molar-refractivity contribution in [2.75, 3.05) is 0 Å². The third-order valence-corrected chi connectivity index (χ3v) is 2.94. The van der Waals surface area contributed by atoms with E-state index in [4.69, 9.17) is 4.42 Å². The molecule has 0 saturated heterocycles. The van der Waals surface area contributed by atoms with Crippen molar-refractivity contribution in [3.63, 3.8) is 0 Å². The van der Waals surface area contributed by atoms with Crippen molar-refractivity contribution in [3.8, 4) is 0 Å². The summed E-state index contributed by atoms with van der Waals surface area (Å²) in [6, 6.07) is 4.63. The molecule has 1 aromatic rings. The maximum atomic E-state index is 5.30. The lowest BCUT2D eigenvalue weighted by Gasteiger charge is -2.21. The largest absolute Gasteiger partial charge is 0.468 e. The zero-order valence-corrected chi connectivity index (χ0v) is 8.99. The third-order valence-electron chi connectivity index (χ3n) is 2.94. The third kappa shape index (κ3) is 2.38. The van der Waals surface area contributed by atoms with E-state index >= 15 is 0 Å². The van der Waals surface area contributed by atoms with Crippen LogP contribution in [-0.2, 0) is 6.54 Å². The molecular formula is C12H19NO. The molecule has 1 aliphatic carbocycles. The van der Waals surface area contributed by atoms with Crippen molar-refractivity contribution in [2.45, 2.75) is 39.3 Å². The lowest BCUT2D eigenvalue weighted by molar-refractivity contribution is 0.343. The molecule has 2 rings (SSSR count). The van der Waals surface area contributed by atoms with Gasteiger partial charge in [0.2, 0.25) is 0 Å². The van der Waals surface area contributed by atoms with Gasteiger partial charge in [-0.15, -0.1) is 0 Å². The van der Waals surface area contributed by atoms with Crippen LogP contribution in [0, 0.1) is 11.8 Å². The van der Waals surface area contributed by atoms with Gasteiger partial charge in [-0.2, -0.15) is 0 Å². The van der Waals surface area contributed by atoms with E-state index in [2.05, 4.69) is 19.2 Å². The second-order valence-corrected chi connectivity index (χ2v) is 4.57. The normalized spacial score (nSPS) is 18.8. The van der Waals surface area contributed by atoms with Gasteiger partial charge in [-0.3, -0.25) is 0 Å². The zero-order valence-electron chi connectivity index (χ0n) is 8.99. The van der Waals surface area contributed by atoms with Crippen LogP contribution >= 0.6 is 0 Å². The van der Waals surface area contributed by atoms with E-state index in [1.165, 1.54) is 12.8 Å². The first kappa shape index (κ1) is 9.78. The maximum Gasteiger partial charge on any atom is 0.117 e. The van der Waals surface area contributed by atoms with Crippen molar-refractivity contribution in [1.82, 2.24) is 5.32 Å². The first-order chi connectivity index (χ1) is 6.77. The van der Waals surface area contributed by atoms with Crippen LogP contribution in [0.4, 0.5) is 0 Å². The smallest absolute Gasteiger partial charge is 0.117 e. The quantitative estimate of drug-likeness (QED) is 0.778. The Morgan fingerprint density at radius 1 is 1.50 bits per heavy atom. The molecule has 0 aromatic carbocycles. The fraction of sp³-hybridized carbons (Fsp3) is 0.667. The minimum absolute atomic E-state index is 0.667. The van der Waals surface area contributed by atoms with Crippen LogP contribution < -0.4 is 5.32 Å². The summed E-state index contributed by atoms with van der Waals surface area (Å²) in [4.78, 5) is 0. The summed E-state index contributed by atoms with van der Waals surface area (Å²) in [5, 5.41) is 3.59. The Hall–Kier alpha value is -0.760. The van der Waals surface area contributed by atoms with E-state index in [-0.39, 0.29) is 0 Å². The number of nitrogens with one attached hydrogen (secondary N) is 1. The SMILES string of the molecule is CC(C)C(NCc1ccco1)C1CC1. The van der Waals surface area contributed by atoms with Gasteiger partial charge in [0.25, 0.3) is 0 Å². The number of rotatable bonds is 5. The number of furan rings is 1. The van der Waals surface area contributed by atoms with Crippen molar-refractivity contribution in [2.24, 2.45) is 11.8 Å². The van der Waals surface area contributed by atoms with Gasteiger partial charge in [-0.05, 0) is 36.8 Å². The van der Waals surface area contributed by atoms with E-state index in [1.54, 1.807) is 6.26 Å². The van der Waals surface area contributed by atoms with Gasteiger partial charge < -0.3 is 9.73 Å². The highest BCUT2D eigenvalue weighted by molar-refractivity contribution is 4.99. The Balaban J connectivity index is 1.82. The minimum Gasteiger partial charge on any atom is -0.468 e. The average molecular weight is 193 g/mol. The molecule has 1 fully saturated rings. The lowest BCUT2D eigenvalue weighted by atomic mass is 9.99. The van der Waals surface area contributed by atoms with E-state index in [0.717, 1.165) is 24.1 Å². The van der Waals surface area contributed by atoms with E-state index in [1.807, 2.05) is 12.1 Å². The van der Waals surface area contributed by atoms with E-state index in [9.17, 15) is 0 Å². The maximum absolute atomic E-state index is 5.30. The van der Waals surface area contributed by atoms with Crippen molar-refractivity contribution < 1.29 is 4.42 Å². The summed E-state index contributed by atoms with van der Waals surface area (Å²) in [5.41, 5.74) is 0. The van der Waals surface area contributed by atoms with Gasteiger partial charge in [0.05, 0.1) is 12.8 Å². The molecule has 2 heteroatoms. The number of hydrogen-bond donors (Lipinski definition) is 1. The first-order valence-electron chi connectivity index (χ1n) is 5.53. The minimum atomic E-state index is 0.667. The Morgan fingerprint density at radius 2 is 2.29 bits per heavy atom. The zero-order chi connectivity index (χ0) is 9.97. The fourth-order valence-corrected chi connectivity index (χ4v) is 2.03. The predicted octanol–water partition coefficient (Wildman–Crippen LogP) is 2.80. The van der Waals surface area contributed by atoms with Crippen LogP contribution in [0.25, 0.3) is 0 Å². The van der Waals surface area contributed by atoms with Crippen LogP contribution in [0.1, 0.15) is 32.4 Å². The molecule has 14 heavy (non-hydrogen) atoms. The molecule has 1 atom stereocenters. The Bertz CT molecular complexity index is 260. The summed E-state index contributed by atoms with van der Waals surface area (Å²) in [6.07, 6.45) is 4.53. The van der Waals surface area contributed by atoms with Gasteiger partial charge >= 0.3 is 0 Å². The molecule has 0 spiro atoms. The predicted molar refractivity (Wildman–Crippen MR) is 56.9 cm³/mol. The summed E-state index contributed by atoms with van der Waals surface area (Å²) in [6.45, 7) is 5.45. The number of hydrogen-bond acceptors (Lipinski definition) is 2. The van der Waals surface area contributed by atoms with Crippen LogP contribution in [0.2, 0.25) is 0 Å². The molecule has 0 bridgehead atoms. The van der Waals surface area contributed by atoms with E-state index < -0.39 is 0 Å². The molecule has 1 aliphatic rings. The van der Waals surface area contributed by atoms with Crippen LogP contribution in [0.15, 0.2) is 22.8 Å². The summed E-state index contributed by atoms with van der Waals surface area (Å²) >= 11 is 0. The molecule has 1 N–H and O–H groups in total. The monoisotopic (exact) mass is 193 g/mol. The Morgan fingerprint density at radius 3 is 2.79 bits per heavy atom. The molecule has 1 heterocycles. The summed E-state index contributed by atoms with van der Waals surface area (Å²) in [7, 11) is 0. The highest BCUT2D eigenvalue weighted by atomic mass is 16.3. The standard InChI is InChI=1S/C12H19NO/c1-9(2)12(10-5-6-10)13-8-11-4-3-7-14-11/h3-4,7,9-10,12-13H,5-6,8H2,1-2H3. The van der Waals surface area contributed by atoms with Crippen molar-refractivity contribution in [1.29, 1.82) is 0 Å². The van der Waals surface area contributed by atoms with E-state index in [0.29, 0.717) is 6.04 Å². The molecule has 0 radical (unpaired) electrons. The topological polar surface area (TPSA) is 25.2 Å². The van der Waals surface area contributed by atoms with Crippen molar-refractivity contribution in [3.05, 3.63) is 24.2 Å².